The molecule has 0 radical (unpaired) electrons. The lowest BCUT2D eigenvalue weighted by Gasteiger charge is -2.34. The zero-order valence-electron chi connectivity index (χ0n) is 14.9. The molecule has 3 heterocycles. The summed E-state index contributed by atoms with van der Waals surface area (Å²) in [7, 11) is 0. The molecule has 4 rings (SSSR count). The van der Waals surface area contributed by atoms with Crippen LogP contribution in [0.4, 0.5) is 10.2 Å². The molecule has 1 unspecified atom stereocenters. The second kappa shape index (κ2) is 7.66. The van der Waals surface area contributed by atoms with Crippen molar-refractivity contribution in [3.8, 4) is 0 Å². The maximum absolute atomic E-state index is 13.2. The predicted octanol–water partition coefficient (Wildman–Crippen LogP) is 4.23. The van der Waals surface area contributed by atoms with Gasteiger partial charge in [-0.15, -0.1) is 0 Å². The van der Waals surface area contributed by atoms with Crippen LogP contribution < -0.4 is 4.90 Å². The van der Waals surface area contributed by atoms with Crippen LogP contribution in [-0.4, -0.2) is 28.8 Å². The number of benzene rings is 1. The molecule has 0 N–H and O–H groups in total. The molecule has 136 valence electrons. The minimum Gasteiger partial charge on any atom is -0.356 e. The van der Waals surface area contributed by atoms with Crippen molar-refractivity contribution in [1.82, 2.24) is 9.97 Å². The summed E-state index contributed by atoms with van der Waals surface area (Å²) >= 11 is 0. The number of hydrogen-bond donors (Lipinski definition) is 0. The number of ketones is 1. The zero-order valence-corrected chi connectivity index (χ0v) is 14.9. The molecule has 1 aliphatic heterocycles. The van der Waals surface area contributed by atoms with Gasteiger partial charge in [0.05, 0.1) is 0 Å². The molecular formula is C22H20FN3O. The smallest absolute Gasteiger partial charge is 0.212 e. The molecule has 1 aliphatic rings. The molecule has 0 aliphatic carbocycles. The number of carbonyl (C=O) groups is 1. The lowest BCUT2D eigenvalue weighted by atomic mass is 9.90. The number of pyridine rings is 2. The minimum atomic E-state index is -0.213. The van der Waals surface area contributed by atoms with E-state index in [0.717, 1.165) is 37.3 Å². The Morgan fingerprint density at radius 3 is 2.70 bits per heavy atom. The fourth-order valence-corrected chi connectivity index (χ4v) is 3.56. The van der Waals surface area contributed by atoms with E-state index in [2.05, 4.69) is 14.9 Å². The maximum Gasteiger partial charge on any atom is 0.212 e. The number of hydrogen-bond acceptors (Lipinski definition) is 4. The Hall–Kier alpha value is -3.08. The van der Waals surface area contributed by atoms with Crippen LogP contribution in [0.5, 0.6) is 0 Å². The summed E-state index contributed by atoms with van der Waals surface area (Å²) in [5.41, 5.74) is 2.10. The standard InChI is InChI=1S/C22H20FN3O/c23-19-10-8-16(9-11-19)18-5-3-13-26(15-18)21-7-1-6-20(25-21)22(27)17-4-2-12-24-14-17/h1-2,4,6-12,14,18H,3,5,13,15H2. The number of aromatic nitrogens is 2. The van der Waals surface area contributed by atoms with Gasteiger partial charge in [-0.1, -0.05) is 18.2 Å². The molecule has 4 nitrogen and oxygen atoms in total. The molecule has 27 heavy (non-hydrogen) atoms. The van der Waals surface area contributed by atoms with Gasteiger partial charge in [-0.05, 0) is 54.8 Å². The van der Waals surface area contributed by atoms with Crippen molar-refractivity contribution in [3.05, 3.63) is 89.6 Å². The first kappa shape index (κ1) is 17.3. The third kappa shape index (κ3) is 3.87. The SMILES string of the molecule is O=C(c1cccnc1)c1cccc(N2CCCC(c3ccc(F)cc3)C2)n1. The predicted molar refractivity (Wildman–Crippen MR) is 102 cm³/mol. The van der Waals surface area contributed by atoms with Crippen LogP contribution in [0, 0.1) is 5.82 Å². The highest BCUT2D eigenvalue weighted by Gasteiger charge is 2.23. The number of carbonyl (C=O) groups excluding carboxylic acids is 1. The molecule has 0 bridgehead atoms. The van der Waals surface area contributed by atoms with Crippen molar-refractivity contribution in [1.29, 1.82) is 0 Å². The van der Waals surface area contributed by atoms with Gasteiger partial charge < -0.3 is 4.90 Å². The molecule has 1 atom stereocenters. The largest absolute Gasteiger partial charge is 0.356 e. The normalized spacial score (nSPS) is 16.9. The molecule has 1 saturated heterocycles. The summed E-state index contributed by atoms with van der Waals surface area (Å²) in [6, 6.07) is 15.8. The van der Waals surface area contributed by atoms with Crippen molar-refractivity contribution in [2.45, 2.75) is 18.8 Å². The van der Waals surface area contributed by atoms with Gasteiger partial charge in [-0.2, -0.15) is 0 Å². The van der Waals surface area contributed by atoms with Crippen LogP contribution in [0.1, 0.15) is 40.4 Å². The van der Waals surface area contributed by atoms with Gasteiger partial charge in [0.1, 0.15) is 17.3 Å². The third-order valence-electron chi connectivity index (χ3n) is 4.98. The van der Waals surface area contributed by atoms with Crippen LogP contribution in [0.15, 0.2) is 67.0 Å². The molecule has 1 fully saturated rings. The highest BCUT2D eigenvalue weighted by atomic mass is 19.1. The summed E-state index contributed by atoms with van der Waals surface area (Å²) in [6.07, 6.45) is 5.30. The highest BCUT2D eigenvalue weighted by molar-refractivity contribution is 6.07. The van der Waals surface area contributed by atoms with Gasteiger partial charge in [0.25, 0.3) is 0 Å². The lowest BCUT2D eigenvalue weighted by Crippen LogP contribution is -2.35. The van der Waals surface area contributed by atoms with Crippen LogP contribution >= 0.6 is 0 Å². The van der Waals surface area contributed by atoms with Crippen molar-refractivity contribution >= 4 is 11.6 Å². The number of piperidine rings is 1. The van der Waals surface area contributed by atoms with Crippen molar-refractivity contribution in [2.75, 3.05) is 18.0 Å². The molecule has 0 spiro atoms. The average Bonchev–Trinajstić information content (AvgIpc) is 2.74. The van der Waals surface area contributed by atoms with Crippen molar-refractivity contribution in [2.24, 2.45) is 0 Å². The van der Waals surface area contributed by atoms with Gasteiger partial charge in [0.15, 0.2) is 0 Å². The quantitative estimate of drug-likeness (QED) is 0.653. The zero-order chi connectivity index (χ0) is 18.6. The van der Waals surface area contributed by atoms with E-state index in [1.165, 1.54) is 12.1 Å². The second-order valence-electron chi connectivity index (χ2n) is 6.79. The Morgan fingerprint density at radius 2 is 1.93 bits per heavy atom. The average molecular weight is 361 g/mol. The van der Waals surface area contributed by atoms with Crippen LogP contribution in [0.3, 0.4) is 0 Å². The maximum atomic E-state index is 13.2. The molecule has 5 heteroatoms. The van der Waals surface area contributed by atoms with E-state index in [9.17, 15) is 9.18 Å². The Balaban J connectivity index is 1.54. The molecule has 0 saturated carbocycles. The van der Waals surface area contributed by atoms with Gasteiger partial charge in [0, 0.05) is 37.0 Å². The van der Waals surface area contributed by atoms with E-state index in [-0.39, 0.29) is 11.6 Å². The van der Waals surface area contributed by atoms with Crippen molar-refractivity contribution in [3.63, 3.8) is 0 Å². The van der Waals surface area contributed by atoms with E-state index in [4.69, 9.17) is 0 Å². The first-order valence-electron chi connectivity index (χ1n) is 9.13. The van der Waals surface area contributed by atoms with E-state index in [0.29, 0.717) is 17.2 Å². The fraction of sp³-hybridized carbons (Fsp3) is 0.227. The summed E-state index contributed by atoms with van der Waals surface area (Å²) in [5, 5.41) is 0. The van der Waals surface area contributed by atoms with E-state index in [1.54, 1.807) is 30.6 Å². The summed E-state index contributed by atoms with van der Waals surface area (Å²) < 4.78 is 13.2. The van der Waals surface area contributed by atoms with Crippen LogP contribution in [-0.2, 0) is 0 Å². The summed E-state index contributed by atoms with van der Waals surface area (Å²) in [4.78, 5) is 23.5. The molecule has 2 aromatic heterocycles. The first-order chi connectivity index (χ1) is 13.2. The van der Waals surface area contributed by atoms with Gasteiger partial charge in [-0.3, -0.25) is 9.78 Å². The molecule has 3 aromatic rings. The first-order valence-corrected chi connectivity index (χ1v) is 9.13. The topological polar surface area (TPSA) is 46.1 Å². The number of rotatable bonds is 4. The molecular weight excluding hydrogens is 341 g/mol. The Labute approximate surface area is 157 Å². The van der Waals surface area contributed by atoms with E-state index < -0.39 is 0 Å². The number of anilines is 1. The van der Waals surface area contributed by atoms with Crippen LogP contribution in [0.25, 0.3) is 0 Å². The lowest BCUT2D eigenvalue weighted by molar-refractivity contribution is 0.103. The third-order valence-corrected chi connectivity index (χ3v) is 4.98. The summed E-state index contributed by atoms with van der Waals surface area (Å²) in [5.74, 6) is 0.794. The fourth-order valence-electron chi connectivity index (χ4n) is 3.56. The van der Waals surface area contributed by atoms with Gasteiger partial charge in [-0.25, -0.2) is 9.37 Å². The summed E-state index contributed by atoms with van der Waals surface area (Å²) in [6.45, 7) is 1.71. The van der Waals surface area contributed by atoms with E-state index in [1.807, 2.05) is 24.3 Å². The Bertz CT molecular complexity index is 928. The Kier molecular flexibility index (Phi) is 4.92. The van der Waals surface area contributed by atoms with Gasteiger partial charge in [0.2, 0.25) is 5.78 Å². The monoisotopic (exact) mass is 361 g/mol. The number of halogens is 1. The molecule has 1 aromatic carbocycles. The van der Waals surface area contributed by atoms with Crippen LogP contribution in [0.2, 0.25) is 0 Å². The van der Waals surface area contributed by atoms with E-state index >= 15 is 0 Å². The molecule has 0 amide bonds. The Morgan fingerprint density at radius 1 is 1.07 bits per heavy atom. The van der Waals surface area contributed by atoms with Crippen molar-refractivity contribution < 1.29 is 9.18 Å². The van der Waals surface area contributed by atoms with Gasteiger partial charge >= 0.3 is 0 Å². The highest BCUT2D eigenvalue weighted by Crippen LogP contribution is 2.29. The number of nitrogens with zero attached hydrogens (tertiary/aromatic N) is 3. The second-order valence-corrected chi connectivity index (χ2v) is 6.79. The minimum absolute atomic E-state index is 0.128.